The number of fused-ring (bicyclic) bond motifs is 1. The molecule has 0 aliphatic carbocycles. The van der Waals surface area contributed by atoms with Gasteiger partial charge in [-0.25, -0.2) is 0 Å². The van der Waals surface area contributed by atoms with E-state index in [0.29, 0.717) is 35.4 Å². The van der Waals surface area contributed by atoms with Gasteiger partial charge in [-0.3, -0.25) is 4.79 Å². The Kier molecular flexibility index (Phi) is 4.58. The summed E-state index contributed by atoms with van der Waals surface area (Å²) in [5, 5.41) is 0.535. The zero-order valence-electron chi connectivity index (χ0n) is 13.9. The number of hydrogen-bond acceptors (Lipinski definition) is 4. The second kappa shape index (κ2) is 7.17. The lowest BCUT2D eigenvalue weighted by Gasteiger charge is -2.11. The van der Waals surface area contributed by atoms with E-state index in [4.69, 9.17) is 25.8 Å². The predicted molar refractivity (Wildman–Crippen MR) is 97.3 cm³/mol. The lowest BCUT2D eigenvalue weighted by Crippen LogP contribution is -2.19. The fraction of sp³-hybridized carbons (Fsp3) is 0.211. The summed E-state index contributed by atoms with van der Waals surface area (Å²) in [4.78, 5) is 12.4. The maximum absolute atomic E-state index is 12.4. The third kappa shape index (κ3) is 3.55. The molecule has 0 atom stereocenters. The summed E-state index contributed by atoms with van der Waals surface area (Å²) < 4.78 is 19.9. The highest BCUT2D eigenvalue weighted by Crippen LogP contribution is 2.36. The van der Waals surface area contributed by atoms with Gasteiger partial charge in [0, 0.05) is 35.7 Å². The Bertz CT molecular complexity index is 966. The van der Waals surface area contributed by atoms with Gasteiger partial charge in [0.25, 0.3) is 5.56 Å². The molecule has 7 heteroatoms. The zero-order valence-corrected chi connectivity index (χ0v) is 14.7. The highest BCUT2D eigenvalue weighted by molar-refractivity contribution is 6.31. The van der Waals surface area contributed by atoms with Crippen molar-refractivity contribution in [2.24, 2.45) is 0 Å². The Hall–Kier alpha value is -2.86. The van der Waals surface area contributed by atoms with Gasteiger partial charge in [-0.1, -0.05) is 11.6 Å². The fourth-order valence-corrected chi connectivity index (χ4v) is 2.98. The van der Waals surface area contributed by atoms with E-state index < -0.39 is 0 Å². The van der Waals surface area contributed by atoms with Crippen LogP contribution in [0.5, 0.6) is 17.2 Å². The molecule has 134 valence electrons. The van der Waals surface area contributed by atoms with Gasteiger partial charge < -0.3 is 23.3 Å². The average Bonchev–Trinajstić information content (AvgIpc) is 3.29. The molecule has 0 saturated heterocycles. The van der Waals surface area contributed by atoms with E-state index >= 15 is 0 Å². The summed E-state index contributed by atoms with van der Waals surface area (Å²) >= 11 is 6.28. The Labute approximate surface area is 155 Å². The molecule has 0 saturated carbocycles. The van der Waals surface area contributed by atoms with E-state index in [0.717, 1.165) is 12.1 Å². The number of rotatable bonds is 6. The maximum atomic E-state index is 12.4. The van der Waals surface area contributed by atoms with Crippen molar-refractivity contribution in [1.29, 1.82) is 0 Å². The van der Waals surface area contributed by atoms with Gasteiger partial charge in [0.2, 0.25) is 6.79 Å². The molecule has 2 aromatic heterocycles. The van der Waals surface area contributed by atoms with E-state index in [2.05, 4.69) is 0 Å². The van der Waals surface area contributed by atoms with Gasteiger partial charge in [0.05, 0.1) is 13.1 Å². The van der Waals surface area contributed by atoms with Crippen molar-refractivity contribution in [2.45, 2.75) is 13.1 Å². The highest BCUT2D eigenvalue weighted by atomic mass is 35.5. The van der Waals surface area contributed by atoms with Gasteiger partial charge >= 0.3 is 0 Å². The van der Waals surface area contributed by atoms with Gasteiger partial charge in [0.15, 0.2) is 11.5 Å². The molecular formula is C19H17ClN2O4. The van der Waals surface area contributed by atoms with E-state index in [9.17, 15) is 4.79 Å². The van der Waals surface area contributed by atoms with Gasteiger partial charge in [-0.15, -0.1) is 0 Å². The molecule has 0 radical (unpaired) electrons. The first-order chi connectivity index (χ1) is 12.7. The average molecular weight is 373 g/mol. The third-order valence-electron chi connectivity index (χ3n) is 4.13. The molecule has 0 N–H and O–H groups in total. The predicted octanol–water partition coefficient (Wildman–Crippen LogP) is 3.16. The van der Waals surface area contributed by atoms with Crippen LogP contribution in [-0.2, 0) is 13.1 Å². The molecule has 0 spiro atoms. The van der Waals surface area contributed by atoms with Crippen molar-refractivity contribution in [3.63, 3.8) is 0 Å². The summed E-state index contributed by atoms with van der Waals surface area (Å²) in [5.74, 6) is 1.81. The Morgan fingerprint density at radius 2 is 1.85 bits per heavy atom. The quantitative estimate of drug-likeness (QED) is 0.667. The van der Waals surface area contributed by atoms with Crippen LogP contribution in [0, 0.1) is 0 Å². The summed E-state index contributed by atoms with van der Waals surface area (Å²) in [6.45, 7) is 1.75. The lowest BCUT2D eigenvalue weighted by molar-refractivity contribution is 0.174. The molecule has 3 heterocycles. The minimum absolute atomic E-state index is 0.155. The number of nitrogens with zero attached hydrogens (tertiary/aromatic N) is 2. The number of hydrogen-bond donors (Lipinski definition) is 0. The molecule has 6 nitrogen and oxygen atoms in total. The molecule has 0 bridgehead atoms. The van der Waals surface area contributed by atoms with Crippen LogP contribution in [0.2, 0.25) is 5.02 Å². The summed E-state index contributed by atoms with van der Waals surface area (Å²) in [5.41, 5.74) is 0.636. The summed E-state index contributed by atoms with van der Waals surface area (Å²) in [7, 11) is 0. The molecule has 4 rings (SSSR count). The number of pyridine rings is 1. The van der Waals surface area contributed by atoms with E-state index in [1.807, 2.05) is 29.1 Å². The van der Waals surface area contributed by atoms with Crippen LogP contribution in [0.15, 0.2) is 59.8 Å². The molecule has 1 aliphatic rings. The molecule has 1 aromatic carbocycles. The Balaban J connectivity index is 1.44. The minimum atomic E-state index is -0.155. The van der Waals surface area contributed by atoms with Crippen molar-refractivity contribution in [1.82, 2.24) is 9.13 Å². The normalized spacial score (nSPS) is 12.3. The summed E-state index contributed by atoms with van der Waals surface area (Å²) in [6.07, 6.45) is 5.64. The van der Waals surface area contributed by atoms with Gasteiger partial charge in [0.1, 0.15) is 12.4 Å². The lowest BCUT2D eigenvalue weighted by atomic mass is 10.2. The molecule has 0 fully saturated rings. The van der Waals surface area contributed by atoms with Crippen molar-refractivity contribution in [3.05, 3.63) is 75.9 Å². The molecule has 0 unspecified atom stereocenters. The first-order valence-corrected chi connectivity index (χ1v) is 8.59. The standard InChI is InChI=1S/C19H17ClN2O4/c20-16-11-18-17(25-13-26-18)9-14(16)12-22-6-3-15(10-19(22)23)24-8-7-21-4-1-2-5-21/h1-6,9-11H,7-8,12-13H2. The van der Waals surface area contributed by atoms with Crippen molar-refractivity contribution < 1.29 is 14.2 Å². The highest BCUT2D eigenvalue weighted by Gasteiger charge is 2.17. The first kappa shape index (κ1) is 16.6. The van der Waals surface area contributed by atoms with E-state index in [-0.39, 0.29) is 12.4 Å². The van der Waals surface area contributed by atoms with Crippen molar-refractivity contribution >= 4 is 11.6 Å². The van der Waals surface area contributed by atoms with Crippen LogP contribution in [-0.4, -0.2) is 22.5 Å². The van der Waals surface area contributed by atoms with Gasteiger partial charge in [-0.2, -0.15) is 0 Å². The molecule has 0 amide bonds. The second-order valence-electron chi connectivity index (χ2n) is 5.89. The zero-order chi connectivity index (χ0) is 17.9. The van der Waals surface area contributed by atoms with Crippen LogP contribution in [0.3, 0.4) is 0 Å². The van der Waals surface area contributed by atoms with Crippen molar-refractivity contribution in [2.75, 3.05) is 13.4 Å². The van der Waals surface area contributed by atoms with Crippen LogP contribution in [0.25, 0.3) is 0 Å². The van der Waals surface area contributed by atoms with E-state index in [1.165, 1.54) is 6.07 Å². The summed E-state index contributed by atoms with van der Waals surface area (Å²) in [6, 6.07) is 10.7. The van der Waals surface area contributed by atoms with Crippen LogP contribution < -0.4 is 19.8 Å². The maximum Gasteiger partial charge on any atom is 0.254 e. The van der Waals surface area contributed by atoms with Crippen LogP contribution >= 0.6 is 11.6 Å². The monoisotopic (exact) mass is 372 g/mol. The number of aromatic nitrogens is 2. The molecular weight excluding hydrogens is 356 g/mol. The van der Waals surface area contributed by atoms with Crippen LogP contribution in [0.4, 0.5) is 0 Å². The largest absolute Gasteiger partial charge is 0.491 e. The number of halogens is 1. The Morgan fingerprint density at radius 3 is 2.62 bits per heavy atom. The molecule has 26 heavy (non-hydrogen) atoms. The Morgan fingerprint density at radius 1 is 1.08 bits per heavy atom. The molecule has 3 aromatic rings. The fourth-order valence-electron chi connectivity index (χ4n) is 2.76. The third-order valence-corrected chi connectivity index (χ3v) is 4.49. The molecule has 1 aliphatic heterocycles. The minimum Gasteiger partial charge on any atom is -0.491 e. The SMILES string of the molecule is O=c1cc(OCCn2cccc2)ccn1Cc1cc2c(cc1Cl)OCO2. The smallest absolute Gasteiger partial charge is 0.254 e. The van der Waals surface area contributed by atoms with Gasteiger partial charge in [-0.05, 0) is 29.8 Å². The topological polar surface area (TPSA) is 54.6 Å². The first-order valence-electron chi connectivity index (χ1n) is 8.21. The number of benzene rings is 1. The second-order valence-corrected chi connectivity index (χ2v) is 6.30. The van der Waals surface area contributed by atoms with Crippen LogP contribution in [0.1, 0.15) is 5.56 Å². The number of ether oxygens (including phenoxy) is 3. The van der Waals surface area contributed by atoms with Crippen molar-refractivity contribution in [3.8, 4) is 17.2 Å². The van der Waals surface area contributed by atoms with E-state index in [1.54, 1.807) is 29.0 Å².